The van der Waals surface area contributed by atoms with Gasteiger partial charge in [-0.25, -0.2) is 9.18 Å². The lowest BCUT2D eigenvalue weighted by Gasteiger charge is -2.23. The van der Waals surface area contributed by atoms with Crippen LogP contribution in [0.3, 0.4) is 0 Å². The summed E-state index contributed by atoms with van der Waals surface area (Å²) in [5, 5.41) is 16.2. The molecule has 26 heavy (non-hydrogen) atoms. The number of aromatic amines is 1. The Morgan fingerprint density at radius 2 is 1.92 bits per heavy atom. The first-order chi connectivity index (χ1) is 12.5. The normalized spacial score (nSPS) is 14.9. The summed E-state index contributed by atoms with van der Waals surface area (Å²) in [6.07, 6.45) is 1.63. The number of halogens is 1. The number of hydrogen-bond acceptors (Lipinski definition) is 6. The molecule has 1 fully saturated rings. The quantitative estimate of drug-likeness (QED) is 0.745. The third-order valence-electron chi connectivity index (χ3n) is 4.08. The van der Waals surface area contributed by atoms with E-state index in [2.05, 4.69) is 10.1 Å². The monoisotopic (exact) mass is 362 g/mol. The van der Waals surface area contributed by atoms with Crippen molar-refractivity contribution in [2.75, 3.05) is 26.3 Å². The number of H-pyrrole nitrogens is 1. The van der Waals surface area contributed by atoms with Gasteiger partial charge in [0.15, 0.2) is 0 Å². The molecule has 1 aliphatic rings. The van der Waals surface area contributed by atoms with Gasteiger partial charge in [0.1, 0.15) is 11.4 Å². The van der Waals surface area contributed by atoms with Gasteiger partial charge in [0.2, 0.25) is 5.88 Å². The number of rotatable bonds is 5. The maximum atomic E-state index is 13.0. The van der Waals surface area contributed by atoms with Crippen molar-refractivity contribution >= 4 is 6.21 Å². The topological polar surface area (TPSA) is 99.9 Å². The number of hydrogen-bond donors (Lipinski definition) is 2. The second-order valence-corrected chi connectivity index (χ2v) is 5.84. The molecule has 1 aromatic heterocycles. The van der Waals surface area contributed by atoms with Gasteiger partial charge < -0.3 is 9.84 Å². The van der Waals surface area contributed by atoms with E-state index >= 15 is 0 Å². The van der Waals surface area contributed by atoms with Crippen LogP contribution in [0, 0.1) is 5.82 Å². The predicted molar refractivity (Wildman–Crippen MR) is 93.1 cm³/mol. The summed E-state index contributed by atoms with van der Waals surface area (Å²) in [6.45, 7) is 2.37. The molecule has 0 aliphatic carbocycles. The summed E-state index contributed by atoms with van der Waals surface area (Å²) in [7, 11) is 0. The van der Waals surface area contributed by atoms with E-state index in [9.17, 15) is 19.1 Å². The molecule has 0 saturated carbocycles. The van der Waals surface area contributed by atoms with Crippen molar-refractivity contribution < 1.29 is 14.2 Å². The van der Waals surface area contributed by atoms with E-state index < -0.39 is 17.1 Å². The molecule has 2 aromatic rings. The first kappa shape index (κ1) is 17.9. The Morgan fingerprint density at radius 3 is 2.62 bits per heavy atom. The average molecular weight is 362 g/mol. The van der Waals surface area contributed by atoms with Crippen LogP contribution in [0.2, 0.25) is 0 Å². The number of hydrazone groups is 1. The van der Waals surface area contributed by atoms with Crippen LogP contribution in [-0.4, -0.2) is 52.2 Å². The van der Waals surface area contributed by atoms with Gasteiger partial charge in [0, 0.05) is 6.54 Å². The summed E-state index contributed by atoms with van der Waals surface area (Å²) >= 11 is 0. The molecule has 1 saturated heterocycles. The fraction of sp³-hybridized carbons (Fsp3) is 0.353. The largest absolute Gasteiger partial charge is 0.494 e. The molecule has 0 bridgehead atoms. The molecule has 1 aromatic carbocycles. The maximum absolute atomic E-state index is 13.0. The molecule has 0 atom stereocenters. The van der Waals surface area contributed by atoms with Crippen molar-refractivity contribution in [2.24, 2.45) is 5.10 Å². The van der Waals surface area contributed by atoms with Crippen LogP contribution >= 0.6 is 0 Å². The summed E-state index contributed by atoms with van der Waals surface area (Å²) < 4.78 is 19.2. The second-order valence-electron chi connectivity index (χ2n) is 5.84. The fourth-order valence-corrected chi connectivity index (χ4v) is 2.60. The van der Waals surface area contributed by atoms with Gasteiger partial charge in [-0.15, -0.1) is 0 Å². The first-order valence-electron chi connectivity index (χ1n) is 8.22. The molecule has 138 valence electrons. The van der Waals surface area contributed by atoms with Crippen molar-refractivity contribution in [1.29, 1.82) is 0 Å². The Labute approximate surface area is 148 Å². The van der Waals surface area contributed by atoms with Gasteiger partial charge in [0.25, 0.3) is 5.56 Å². The number of aromatic hydroxyl groups is 1. The van der Waals surface area contributed by atoms with E-state index in [1.165, 1.54) is 18.3 Å². The Hall–Kier alpha value is -2.94. The lowest BCUT2D eigenvalue weighted by molar-refractivity contribution is 0.0396. The lowest BCUT2D eigenvalue weighted by atomic mass is 10.1. The van der Waals surface area contributed by atoms with Gasteiger partial charge >= 0.3 is 5.69 Å². The van der Waals surface area contributed by atoms with Gasteiger partial charge in [-0.1, -0.05) is 12.1 Å². The predicted octanol–water partition coefficient (Wildman–Crippen LogP) is 0.290. The Bertz CT molecular complexity index is 898. The Balaban J connectivity index is 1.81. The third kappa shape index (κ3) is 4.17. The highest BCUT2D eigenvalue weighted by Crippen LogP contribution is 2.11. The molecule has 0 unspecified atom stereocenters. The van der Waals surface area contributed by atoms with E-state index in [1.807, 2.05) is 0 Å². The third-order valence-corrected chi connectivity index (χ3v) is 4.08. The van der Waals surface area contributed by atoms with Crippen LogP contribution < -0.4 is 11.2 Å². The highest BCUT2D eigenvalue weighted by Gasteiger charge is 2.14. The minimum Gasteiger partial charge on any atom is -0.494 e. The van der Waals surface area contributed by atoms with Crippen LogP contribution in [0.4, 0.5) is 4.39 Å². The summed E-state index contributed by atoms with van der Waals surface area (Å²) in [5.41, 5.74) is -0.705. The molecule has 2 N–H and O–H groups in total. The van der Waals surface area contributed by atoms with E-state index in [0.717, 1.165) is 10.1 Å². The number of nitrogens with one attached hydrogen (secondary N) is 1. The molecular formula is C17H19FN4O4. The van der Waals surface area contributed by atoms with E-state index in [-0.39, 0.29) is 17.9 Å². The van der Waals surface area contributed by atoms with Crippen molar-refractivity contribution in [3.05, 3.63) is 62.0 Å². The van der Waals surface area contributed by atoms with Crippen LogP contribution in [0.1, 0.15) is 11.1 Å². The Morgan fingerprint density at radius 1 is 1.23 bits per heavy atom. The maximum Gasteiger partial charge on any atom is 0.331 e. The molecule has 8 nitrogen and oxygen atoms in total. The number of ether oxygens (including phenoxy) is 1. The minimum atomic E-state index is -0.710. The SMILES string of the molecule is O=c1[nH]c(=O)n(CCc2ccc(F)cc2)c(O)c1/C=N/N1CCOCC1. The van der Waals surface area contributed by atoms with Crippen molar-refractivity contribution in [1.82, 2.24) is 14.6 Å². The van der Waals surface area contributed by atoms with Crippen LogP contribution in [0.25, 0.3) is 0 Å². The molecule has 3 rings (SSSR count). The zero-order valence-electron chi connectivity index (χ0n) is 14.0. The van der Waals surface area contributed by atoms with Crippen molar-refractivity contribution in [3.8, 4) is 5.88 Å². The number of morpholine rings is 1. The summed E-state index contributed by atoms with van der Waals surface area (Å²) in [6, 6.07) is 5.85. The summed E-state index contributed by atoms with van der Waals surface area (Å²) in [5.74, 6) is -0.794. The highest BCUT2D eigenvalue weighted by atomic mass is 19.1. The molecule has 1 aliphatic heterocycles. The van der Waals surface area contributed by atoms with Crippen LogP contribution in [0.15, 0.2) is 39.0 Å². The zero-order valence-corrected chi connectivity index (χ0v) is 14.0. The van der Waals surface area contributed by atoms with Gasteiger partial charge in [0.05, 0.1) is 32.5 Å². The van der Waals surface area contributed by atoms with E-state index in [4.69, 9.17) is 4.74 Å². The molecule has 2 heterocycles. The average Bonchev–Trinajstić information content (AvgIpc) is 2.63. The van der Waals surface area contributed by atoms with Gasteiger partial charge in [-0.3, -0.25) is 19.4 Å². The van der Waals surface area contributed by atoms with Crippen molar-refractivity contribution in [3.63, 3.8) is 0 Å². The molecule has 0 radical (unpaired) electrons. The molecular weight excluding hydrogens is 343 g/mol. The highest BCUT2D eigenvalue weighted by molar-refractivity contribution is 5.81. The van der Waals surface area contributed by atoms with E-state index in [0.29, 0.717) is 32.7 Å². The molecule has 9 heteroatoms. The number of benzene rings is 1. The summed E-state index contributed by atoms with van der Waals surface area (Å²) in [4.78, 5) is 26.2. The van der Waals surface area contributed by atoms with Gasteiger partial charge in [-0.2, -0.15) is 5.10 Å². The molecule has 0 spiro atoms. The van der Waals surface area contributed by atoms with Crippen molar-refractivity contribution in [2.45, 2.75) is 13.0 Å². The molecule has 0 amide bonds. The fourth-order valence-electron chi connectivity index (χ4n) is 2.60. The second kappa shape index (κ2) is 7.96. The minimum absolute atomic E-state index is 0.0878. The number of nitrogens with zero attached hydrogens (tertiary/aromatic N) is 3. The number of aryl methyl sites for hydroxylation is 1. The standard InChI is InChI=1S/C17H19FN4O4/c18-13-3-1-12(2-4-13)5-6-22-16(24)14(15(23)20-17(22)25)11-19-21-7-9-26-10-8-21/h1-4,11,24H,5-10H2,(H,20,23,25)/b19-11+. The zero-order chi connectivity index (χ0) is 18.5. The number of aromatic nitrogens is 2. The first-order valence-corrected chi connectivity index (χ1v) is 8.22. The Kier molecular flexibility index (Phi) is 5.47. The van der Waals surface area contributed by atoms with E-state index in [1.54, 1.807) is 17.1 Å². The smallest absolute Gasteiger partial charge is 0.331 e. The van der Waals surface area contributed by atoms with Crippen LogP contribution in [0.5, 0.6) is 5.88 Å². The lowest BCUT2D eigenvalue weighted by Crippen LogP contribution is -2.34. The van der Waals surface area contributed by atoms with Gasteiger partial charge in [-0.05, 0) is 24.1 Å². The van der Waals surface area contributed by atoms with Crippen LogP contribution in [-0.2, 0) is 17.7 Å².